The highest BCUT2D eigenvalue weighted by Gasteiger charge is 2.17. The van der Waals surface area contributed by atoms with E-state index in [4.69, 9.17) is 13.9 Å². The molecule has 0 aliphatic carbocycles. The van der Waals surface area contributed by atoms with Crippen molar-refractivity contribution in [1.29, 1.82) is 0 Å². The molecule has 0 bridgehead atoms. The van der Waals surface area contributed by atoms with Crippen molar-refractivity contribution < 1.29 is 23.5 Å². The third kappa shape index (κ3) is 6.20. The van der Waals surface area contributed by atoms with E-state index in [9.17, 15) is 14.4 Å². The van der Waals surface area contributed by atoms with E-state index in [-0.39, 0.29) is 24.9 Å². The van der Waals surface area contributed by atoms with Crippen molar-refractivity contribution in [1.82, 2.24) is 10.3 Å². The standard InChI is InChI=1S/C20H27N3O6/c1-6-12-13(22-15(24)10-11-21-18(26)29-20(3,4)5)8-9-14-16(12)17(25)28-19(23-14)27-7-2/h8-9H,6-7,10-11H2,1-5H3,(H,21,26)(H,22,24). The number of aryl methyl sites for hydroxylation is 1. The SMILES string of the molecule is CCOc1nc2ccc(NC(=O)CCNC(=O)OC(C)(C)C)c(CC)c2c(=O)o1. The molecule has 29 heavy (non-hydrogen) atoms. The van der Waals surface area contributed by atoms with Crippen LogP contribution in [0.2, 0.25) is 0 Å². The summed E-state index contributed by atoms with van der Waals surface area (Å²) in [6.07, 6.45) is -0.129. The van der Waals surface area contributed by atoms with E-state index in [2.05, 4.69) is 15.6 Å². The summed E-state index contributed by atoms with van der Waals surface area (Å²) in [6, 6.07) is 3.31. The van der Waals surface area contributed by atoms with Gasteiger partial charge in [-0.25, -0.2) is 9.59 Å². The second-order valence-corrected chi connectivity index (χ2v) is 7.27. The lowest BCUT2D eigenvalue weighted by molar-refractivity contribution is -0.116. The first-order valence-corrected chi connectivity index (χ1v) is 9.50. The van der Waals surface area contributed by atoms with Crippen LogP contribution in [0, 0.1) is 0 Å². The Kier molecular flexibility index (Phi) is 7.19. The van der Waals surface area contributed by atoms with Gasteiger partial charge in [0.2, 0.25) is 5.91 Å². The van der Waals surface area contributed by atoms with Crippen LogP contribution in [0.15, 0.2) is 21.3 Å². The van der Waals surface area contributed by atoms with E-state index < -0.39 is 17.3 Å². The third-order valence-corrected chi connectivity index (χ3v) is 3.80. The average Bonchev–Trinajstić information content (AvgIpc) is 2.60. The molecular formula is C20H27N3O6. The summed E-state index contributed by atoms with van der Waals surface area (Å²) in [7, 11) is 0. The van der Waals surface area contributed by atoms with Gasteiger partial charge in [0, 0.05) is 18.7 Å². The van der Waals surface area contributed by atoms with Gasteiger partial charge in [0.25, 0.3) is 0 Å². The number of anilines is 1. The van der Waals surface area contributed by atoms with E-state index in [0.29, 0.717) is 35.2 Å². The fraction of sp³-hybridized carbons (Fsp3) is 0.500. The summed E-state index contributed by atoms with van der Waals surface area (Å²) in [5.74, 6) is -0.307. The first-order valence-electron chi connectivity index (χ1n) is 9.50. The van der Waals surface area contributed by atoms with Gasteiger partial charge in [0.05, 0.1) is 17.5 Å². The fourth-order valence-electron chi connectivity index (χ4n) is 2.68. The molecule has 0 unspecified atom stereocenters. The Balaban J connectivity index is 2.10. The second kappa shape index (κ2) is 9.40. The Bertz CT molecular complexity index is 946. The molecule has 0 aliphatic heterocycles. The molecule has 2 aromatic rings. The van der Waals surface area contributed by atoms with E-state index >= 15 is 0 Å². The molecule has 2 rings (SSSR count). The van der Waals surface area contributed by atoms with Crippen LogP contribution in [0.1, 0.15) is 46.6 Å². The van der Waals surface area contributed by atoms with Crippen molar-refractivity contribution in [2.75, 3.05) is 18.5 Å². The molecule has 0 aliphatic rings. The molecule has 0 saturated carbocycles. The van der Waals surface area contributed by atoms with Crippen molar-refractivity contribution in [2.24, 2.45) is 0 Å². The number of hydrogen-bond donors (Lipinski definition) is 2. The molecule has 0 radical (unpaired) electrons. The van der Waals surface area contributed by atoms with Gasteiger partial charge in [-0.2, -0.15) is 4.98 Å². The molecule has 158 valence electrons. The lowest BCUT2D eigenvalue weighted by Gasteiger charge is -2.19. The lowest BCUT2D eigenvalue weighted by Crippen LogP contribution is -2.34. The van der Waals surface area contributed by atoms with E-state index in [1.54, 1.807) is 39.8 Å². The van der Waals surface area contributed by atoms with Crippen LogP contribution in [0.4, 0.5) is 10.5 Å². The normalized spacial score (nSPS) is 11.2. The summed E-state index contributed by atoms with van der Waals surface area (Å²) in [6.45, 7) is 9.35. The van der Waals surface area contributed by atoms with Gasteiger partial charge in [-0.3, -0.25) is 4.79 Å². The number of amides is 2. The number of carbonyl (C=O) groups excluding carboxylic acids is 2. The molecule has 0 atom stereocenters. The minimum Gasteiger partial charge on any atom is -0.450 e. The van der Waals surface area contributed by atoms with Crippen molar-refractivity contribution in [3.8, 4) is 6.08 Å². The highest BCUT2D eigenvalue weighted by atomic mass is 16.6. The molecule has 1 aromatic carbocycles. The number of hydrogen-bond acceptors (Lipinski definition) is 7. The maximum absolute atomic E-state index is 12.4. The molecule has 2 amide bonds. The monoisotopic (exact) mass is 405 g/mol. The van der Waals surface area contributed by atoms with Gasteiger partial charge >= 0.3 is 17.8 Å². The van der Waals surface area contributed by atoms with Crippen LogP contribution in [0.25, 0.3) is 10.9 Å². The van der Waals surface area contributed by atoms with Gasteiger partial charge < -0.3 is 24.5 Å². The molecule has 0 fully saturated rings. The smallest absolute Gasteiger partial charge is 0.407 e. The average molecular weight is 405 g/mol. The molecule has 2 N–H and O–H groups in total. The van der Waals surface area contributed by atoms with Crippen LogP contribution < -0.4 is 21.0 Å². The Morgan fingerprint density at radius 2 is 1.93 bits per heavy atom. The summed E-state index contributed by atoms with van der Waals surface area (Å²) in [5.41, 5.74) is 0.384. The maximum atomic E-state index is 12.4. The number of aromatic nitrogens is 1. The topological polar surface area (TPSA) is 120 Å². The van der Waals surface area contributed by atoms with Gasteiger partial charge in [0.15, 0.2) is 0 Å². The van der Waals surface area contributed by atoms with Crippen LogP contribution in [-0.4, -0.2) is 35.7 Å². The Morgan fingerprint density at radius 3 is 2.55 bits per heavy atom. The van der Waals surface area contributed by atoms with Crippen LogP contribution >= 0.6 is 0 Å². The van der Waals surface area contributed by atoms with E-state index in [1.807, 2.05) is 6.92 Å². The van der Waals surface area contributed by atoms with Crippen LogP contribution in [-0.2, 0) is 16.0 Å². The minimum atomic E-state index is -0.607. The zero-order valence-electron chi connectivity index (χ0n) is 17.4. The summed E-state index contributed by atoms with van der Waals surface area (Å²) < 4.78 is 15.4. The molecule has 1 heterocycles. The molecule has 0 spiro atoms. The number of nitrogens with one attached hydrogen (secondary N) is 2. The predicted molar refractivity (Wildman–Crippen MR) is 108 cm³/mol. The highest BCUT2D eigenvalue weighted by Crippen LogP contribution is 2.25. The van der Waals surface area contributed by atoms with Gasteiger partial charge in [-0.1, -0.05) is 6.92 Å². The van der Waals surface area contributed by atoms with Gasteiger partial charge in [-0.05, 0) is 51.8 Å². The Hall–Kier alpha value is -3.10. The van der Waals surface area contributed by atoms with Crippen molar-refractivity contribution >= 4 is 28.6 Å². The first-order chi connectivity index (χ1) is 13.6. The number of nitrogens with zero attached hydrogens (tertiary/aromatic N) is 1. The molecule has 9 heteroatoms. The highest BCUT2D eigenvalue weighted by molar-refractivity contribution is 5.96. The molecular weight excluding hydrogens is 378 g/mol. The van der Waals surface area contributed by atoms with Crippen molar-refractivity contribution in [3.05, 3.63) is 28.1 Å². The minimum absolute atomic E-state index is 0.0522. The van der Waals surface area contributed by atoms with Gasteiger partial charge in [0.1, 0.15) is 5.60 Å². The number of fused-ring (bicyclic) bond motifs is 1. The first kappa shape index (κ1) is 22.2. The van der Waals surface area contributed by atoms with Crippen LogP contribution in [0.3, 0.4) is 0 Å². The maximum Gasteiger partial charge on any atom is 0.407 e. The second-order valence-electron chi connectivity index (χ2n) is 7.27. The lowest BCUT2D eigenvalue weighted by atomic mass is 10.0. The van der Waals surface area contributed by atoms with Crippen molar-refractivity contribution in [2.45, 2.75) is 53.1 Å². The molecule has 9 nitrogen and oxygen atoms in total. The zero-order chi connectivity index (χ0) is 21.6. The summed E-state index contributed by atoms with van der Waals surface area (Å²) in [4.78, 5) is 40.5. The number of rotatable bonds is 7. The zero-order valence-corrected chi connectivity index (χ0v) is 17.4. The summed E-state index contributed by atoms with van der Waals surface area (Å²) >= 11 is 0. The van der Waals surface area contributed by atoms with Crippen LogP contribution in [0.5, 0.6) is 6.08 Å². The molecule has 1 aromatic heterocycles. The predicted octanol–water partition coefficient (Wildman–Crippen LogP) is 3.00. The van der Waals surface area contributed by atoms with E-state index in [0.717, 1.165) is 0 Å². The quantitative estimate of drug-likeness (QED) is 0.726. The number of carbonyl (C=O) groups is 2. The Morgan fingerprint density at radius 1 is 1.21 bits per heavy atom. The van der Waals surface area contributed by atoms with Gasteiger partial charge in [-0.15, -0.1) is 0 Å². The number of benzene rings is 1. The summed E-state index contributed by atoms with van der Waals surface area (Å²) in [5, 5.41) is 5.61. The fourth-order valence-corrected chi connectivity index (χ4v) is 2.68. The van der Waals surface area contributed by atoms with E-state index in [1.165, 1.54) is 0 Å². The largest absolute Gasteiger partial charge is 0.450 e. The van der Waals surface area contributed by atoms with Crippen molar-refractivity contribution in [3.63, 3.8) is 0 Å². The third-order valence-electron chi connectivity index (χ3n) is 3.80. The molecule has 0 saturated heterocycles. The number of alkyl carbamates (subject to hydrolysis) is 1. The number of ether oxygens (including phenoxy) is 2. The Labute approximate surface area is 168 Å².